The number of ether oxygens (including phenoxy) is 2. The summed E-state index contributed by atoms with van der Waals surface area (Å²) in [7, 11) is 0. The van der Waals surface area contributed by atoms with Crippen molar-refractivity contribution in [1.82, 2.24) is 4.90 Å². The van der Waals surface area contributed by atoms with Crippen molar-refractivity contribution in [2.75, 3.05) is 6.61 Å². The molecular weight excluding hydrogens is 381 g/mol. The van der Waals surface area contributed by atoms with Crippen molar-refractivity contribution in [3.8, 4) is 0 Å². The minimum atomic E-state index is -0.671. The van der Waals surface area contributed by atoms with Crippen molar-refractivity contribution < 1.29 is 14.3 Å². The Kier molecular flexibility index (Phi) is 4.54. The lowest BCUT2D eigenvalue weighted by molar-refractivity contribution is -0.0626. The number of amides is 1. The Hall–Kier alpha value is -0.820. The molecule has 1 aliphatic heterocycles. The van der Waals surface area contributed by atoms with Gasteiger partial charge in [-0.05, 0) is 74.9 Å². The zero-order valence-electron chi connectivity index (χ0n) is 13.1. The molecule has 0 radical (unpaired) electrons. The Morgan fingerprint density at radius 1 is 1.33 bits per heavy atom. The summed E-state index contributed by atoms with van der Waals surface area (Å²) in [5.74, 6) is 0. The van der Waals surface area contributed by atoms with Gasteiger partial charge in [0.1, 0.15) is 11.3 Å². The van der Waals surface area contributed by atoms with E-state index in [1.165, 1.54) is 3.57 Å². The number of benzene rings is 1. The van der Waals surface area contributed by atoms with E-state index in [9.17, 15) is 4.79 Å². The standard InChI is InChI=1S/C16H22INO3/c1-15(2,3)21-14(19)18-13(10-20-16(18,4)5)11-6-8-12(17)9-7-11/h6-9,13H,10H2,1-5H3/t13-/m1/s1. The number of halogens is 1. The number of nitrogens with zero attached hydrogens (tertiary/aromatic N) is 1. The van der Waals surface area contributed by atoms with Gasteiger partial charge < -0.3 is 9.47 Å². The van der Waals surface area contributed by atoms with E-state index in [2.05, 4.69) is 22.6 Å². The molecule has 0 N–H and O–H groups in total. The largest absolute Gasteiger partial charge is 0.444 e. The highest BCUT2D eigenvalue weighted by molar-refractivity contribution is 14.1. The van der Waals surface area contributed by atoms with E-state index in [-0.39, 0.29) is 12.1 Å². The highest BCUT2D eigenvalue weighted by Gasteiger charge is 2.46. The van der Waals surface area contributed by atoms with Crippen LogP contribution in [0.3, 0.4) is 0 Å². The molecule has 0 aromatic heterocycles. The molecule has 1 heterocycles. The van der Waals surface area contributed by atoms with Crippen molar-refractivity contribution in [2.45, 2.75) is 52.0 Å². The van der Waals surface area contributed by atoms with Crippen LogP contribution in [0.2, 0.25) is 0 Å². The molecule has 1 aromatic carbocycles. The third-order valence-electron chi connectivity index (χ3n) is 3.33. The number of hydrogen-bond acceptors (Lipinski definition) is 3. The van der Waals surface area contributed by atoms with Gasteiger partial charge in [0.15, 0.2) is 0 Å². The number of carbonyl (C=O) groups excluding carboxylic acids is 1. The smallest absolute Gasteiger partial charge is 0.413 e. The Morgan fingerprint density at radius 2 is 1.90 bits per heavy atom. The first-order valence-corrected chi connectivity index (χ1v) is 8.10. The van der Waals surface area contributed by atoms with E-state index in [4.69, 9.17) is 9.47 Å². The average molecular weight is 403 g/mol. The zero-order chi connectivity index (χ0) is 15.8. The van der Waals surface area contributed by atoms with Gasteiger partial charge in [0.25, 0.3) is 0 Å². The lowest BCUT2D eigenvalue weighted by Crippen LogP contribution is -2.47. The van der Waals surface area contributed by atoms with Gasteiger partial charge in [0.05, 0.1) is 12.6 Å². The second kappa shape index (κ2) is 5.76. The van der Waals surface area contributed by atoms with Gasteiger partial charge in [0.2, 0.25) is 0 Å². The lowest BCUT2D eigenvalue weighted by atomic mass is 10.1. The third kappa shape index (κ3) is 3.88. The van der Waals surface area contributed by atoms with Crippen molar-refractivity contribution in [2.24, 2.45) is 0 Å². The molecule has 1 saturated heterocycles. The SMILES string of the molecule is CC(C)(C)OC(=O)N1[C@@H](c2ccc(I)cc2)COC1(C)C. The molecule has 2 rings (SSSR count). The summed E-state index contributed by atoms with van der Waals surface area (Å²) in [6.07, 6.45) is -0.339. The first-order chi connectivity index (χ1) is 9.60. The predicted molar refractivity (Wildman–Crippen MR) is 90.0 cm³/mol. The highest BCUT2D eigenvalue weighted by Crippen LogP contribution is 2.38. The van der Waals surface area contributed by atoms with Crippen molar-refractivity contribution >= 4 is 28.7 Å². The summed E-state index contributed by atoms with van der Waals surface area (Å²) in [5, 5.41) is 0. The quantitative estimate of drug-likeness (QED) is 0.655. The fraction of sp³-hybridized carbons (Fsp3) is 0.562. The number of rotatable bonds is 1. The van der Waals surface area contributed by atoms with Crippen LogP contribution in [-0.4, -0.2) is 28.9 Å². The second-order valence-corrected chi connectivity index (χ2v) is 7.92. The number of hydrogen-bond donors (Lipinski definition) is 0. The van der Waals surface area contributed by atoms with Crippen LogP contribution in [-0.2, 0) is 9.47 Å². The Labute approximate surface area is 139 Å². The van der Waals surface area contributed by atoms with Crippen LogP contribution in [0, 0.1) is 3.57 Å². The molecule has 4 nitrogen and oxygen atoms in total. The maximum absolute atomic E-state index is 12.5. The van der Waals surface area contributed by atoms with Gasteiger partial charge in [-0.25, -0.2) is 4.79 Å². The van der Waals surface area contributed by atoms with Crippen molar-refractivity contribution in [3.05, 3.63) is 33.4 Å². The molecule has 1 amide bonds. The van der Waals surface area contributed by atoms with Crippen LogP contribution in [0.4, 0.5) is 4.79 Å². The normalized spacial score (nSPS) is 21.4. The summed E-state index contributed by atoms with van der Waals surface area (Å²) in [6.45, 7) is 9.87. The van der Waals surface area contributed by atoms with E-state index < -0.39 is 11.3 Å². The van der Waals surface area contributed by atoms with Gasteiger partial charge in [-0.1, -0.05) is 12.1 Å². The number of carbonyl (C=O) groups is 1. The minimum Gasteiger partial charge on any atom is -0.444 e. The maximum atomic E-state index is 12.5. The minimum absolute atomic E-state index is 0.119. The van der Waals surface area contributed by atoms with E-state index >= 15 is 0 Å². The van der Waals surface area contributed by atoms with Crippen molar-refractivity contribution in [3.63, 3.8) is 0 Å². The van der Waals surface area contributed by atoms with Crippen molar-refractivity contribution in [1.29, 1.82) is 0 Å². The van der Waals surface area contributed by atoms with Gasteiger partial charge in [-0.2, -0.15) is 0 Å². The third-order valence-corrected chi connectivity index (χ3v) is 4.05. The second-order valence-electron chi connectivity index (χ2n) is 6.68. The van der Waals surface area contributed by atoms with Crippen LogP contribution < -0.4 is 0 Å². The van der Waals surface area contributed by atoms with Crippen LogP contribution in [0.1, 0.15) is 46.2 Å². The molecule has 5 heteroatoms. The van der Waals surface area contributed by atoms with Gasteiger partial charge in [-0.15, -0.1) is 0 Å². The maximum Gasteiger partial charge on any atom is 0.413 e. The predicted octanol–water partition coefficient (Wildman–Crippen LogP) is 4.34. The molecule has 0 spiro atoms. The summed E-state index contributed by atoms with van der Waals surface area (Å²) in [5.41, 5.74) is -0.130. The molecule has 1 fully saturated rings. The lowest BCUT2D eigenvalue weighted by Gasteiger charge is -2.35. The van der Waals surface area contributed by atoms with E-state index in [1.807, 2.05) is 58.9 Å². The molecule has 0 unspecified atom stereocenters. The Balaban J connectivity index is 2.28. The summed E-state index contributed by atoms with van der Waals surface area (Å²) in [4.78, 5) is 14.2. The topological polar surface area (TPSA) is 38.8 Å². The Morgan fingerprint density at radius 3 is 2.43 bits per heavy atom. The average Bonchev–Trinajstić information content (AvgIpc) is 2.64. The fourth-order valence-corrected chi connectivity index (χ4v) is 2.75. The summed E-state index contributed by atoms with van der Waals surface area (Å²) >= 11 is 2.27. The monoisotopic (exact) mass is 403 g/mol. The first-order valence-electron chi connectivity index (χ1n) is 7.02. The summed E-state index contributed by atoms with van der Waals surface area (Å²) in [6, 6.07) is 8.03. The summed E-state index contributed by atoms with van der Waals surface area (Å²) < 4.78 is 12.5. The van der Waals surface area contributed by atoms with Crippen LogP contribution in [0.5, 0.6) is 0 Å². The van der Waals surface area contributed by atoms with E-state index in [1.54, 1.807) is 4.90 Å². The molecule has 21 heavy (non-hydrogen) atoms. The first kappa shape index (κ1) is 16.5. The molecule has 0 bridgehead atoms. The molecular formula is C16H22INO3. The fourth-order valence-electron chi connectivity index (χ4n) is 2.39. The molecule has 116 valence electrons. The molecule has 1 aromatic rings. The van der Waals surface area contributed by atoms with Crippen LogP contribution in [0.25, 0.3) is 0 Å². The highest BCUT2D eigenvalue weighted by atomic mass is 127. The molecule has 1 atom stereocenters. The van der Waals surface area contributed by atoms with E-state index in [0.29, 0.717) is 6.61 Å². The Bertz CT molecular complexity index is 519. The van der Waals surface area contributed by atoms with Gasteiger partial charge in [-0.3, -0.25) is 4.90 Å². The van der Waals surface area contributed by atoms with Gasteiger partial charge in [0, 0.05) is 3.57 Å². The van der Waals surface area contributed by atoms with Crippen LogP contribution >= 0.6 is 22.6 Å². The molecule has 0 saturated carbocycles. The van der Waals surface area contributed by atoms with Crippen LogP contribution in [0.15, 0.2) is 24.3 Å². The molecule has 1 aliphatic rings. The zero-order valence-corrected chi connectivity index (χ0v) is 15.3. The van der Waals surface area contributed by atoms with Gasteiger partial charge >= 0.3 is 6.09 Å². The molecule has 0 aliphatic carbocycles. The van der Waals surface area contributed by atoms with E-state index in [0.717, 1.165) is 5.56 Å².